The van der Waals surface area contributed by atoms with Crippen LogP contribution in [-0.2, 0) is 13.0 Å². The molecule has 7 heteroatoms. The van der Waals surface area contributed by atoms with Crippen LogP contribution < -0.4 is 4.90 Å². The topological polar surface area (TPSA) is 39.9 Å². The molecule has 4 heterocycles. The zero-order valence-electron chi connectivity index (χ0n) is 19.3. The van der Waals surface area contributed by atoms with Crippen LogP contribution in [0.25, 0.3) is 5.65 Å². The number of hydrogen-bond donors (Lipinski definition) is 0. The molecule has 3 aromatic rings. The first kappa shape index (κ1) is 21.7. The van der Waals surface area contributed by atoms with E-state index in [0.29, 0.717) is 18.6 Å². The van der Waals surface area contributed by atoms with E-state index in [-0.39, 0.29) is 0 Å². The van der Waals surface area contributed by atoms with Gasteiger partial charge in [-0.05, 0) is 63.9 Å². The van der Waals surface area contributed by atoms with Crippen molar-refractivity contribution in [2.24, 2.45) is 0 Å². The van der Waals surface area contributed by atoms with Crippen LogP contribution in [0, 0.1) is 0 Å². The molecule has 0 N–H and O–H groups in total. The van der Waals surface area contributed by atoms with Gasteiger partial charge in [-0.2, -0.15) is 0 Å². The Morgan fingerprint density at radius 3 is 2.72 bits per heavy atom. The van der Waals surface area contributed by atoms with E-state index in [1.807, 2.05) is 12.3 Å². The van der Waals surface area contributed by atoms with Crippen LogP contribution in [0.4, 0.5) is 5.82 Å². The van der Waals surface area contributed by atoms with Gasteiger partial charge in [-0.15, -0.1) is 0 Å². The van der Waals surface area contributed by atoms with Gasteiger partial charge in [0.2, 0.25) is 0 Å². The summed E-state index contributed by atoms with van der Waals surface area (Å²) in [6.07, 6.45) is 5.35. The molecule has 1 aliphatic carbocycles. The molecular weight excluding hydrogens is 420 g/mol. The van der Waals surface area contributed by atoms with Gasteiger partial charge in [0.25, 0.3) is 0 Å². The van der Waals surface area contributed by atoms with E-state index in [0.717, 1.165) is 61.3 Å². The lowest BCUT2D eigenvalue weighted by atomic mass is 9.91. The maximum atomic E-state index is 6.96. The second-order valence-electron chi connectivity index (χ2n) is 9.41. The average molecular weight is 453 g/mol. The molecule has 6 nitrogen and oxygen atoms in total. The molecule has 0 unspecified atom stereocenters. The summed E-state index contributed by atoms with van der Waals surface area (Å²) in [5.41, 5.74) is 4.44. The van der Waals surface area contributed by atoms with Crippen LogP contribution in [0.1, 0.15) is 49.7 Å². The third kappa shape index (κ3) is 4.00. The number of aromatic nitrogens is 3. The predicted octanol–water partition coefficient (Wildman–Crippen LogP) is 4.42. The SMILES string of the molecule is CC(C)N1CCN(c2cccc3nc(CN(C)[C@H]4CCCc5cccnc54)c(Cl)n23)CC1. The second kappa shape index (κ2) is 9.00. The quantitative estimate of drug-likeness (QED) is 0.573. The van der Waals surface area contributed by atoms with Crippen molar-refractivity contribution in [2.75, 3.05) is 38.1 Å². The summed E-state index contributed by atoms with van der Waals surface area (Å²) in [5.74, 6) is 1.14. The average Bonchev–Trinajstić information content (AvgIpc) is 3.14. The van der Waals surface area contributed by atoms with Gasteiger partial charge in [0.15, 0.2) is 0 Å². The molecule has 1 fully saturated rings. The van der Waals surface area contributed by atoms with Gasteiger partial charge in [-0.1, -0.05) is 23.7 Å². The fraction of sp³-hybridized carbons (Fsp3) is 0.520. The highest BCUT2D eigenvalue weighted by Gasteiger charge is 2.27. The Morgan fingerprint density at radius 2 is 1.94 bits per heavy atom. The van der Waals surface area contributed by atoms with Crippen LogP contribution >= 0.6 is 11.6 Å². The van der Waals surface area contributed by atoms with Crippen molar-refractivity contribution in [2.45, 2.75) is 51.7 Å². The van der Waals surface area contributed by atoms with Gasteiger partial charge in [0, 0.05) is 45.0 Å². The Labute approximate surface area is 195 Å². The van der Waals surface area contributed by atoms with E-state index >= 15 is 0 Å². The number of rotatable bonds is 5. The first-order valence-corrected chi connectivity index (χ1v) is 12.2. The maximum Gasteiger partial charge on any atom is 0.139 e. The number of halogens is 1. The first-order chi connectivity index (χ1) is 15.5. The third-order valence-electron chi connectivity index (χ3n) is 7.10. The summed E-state index contributed by atoms with van der Waals surface area (Å²) in [7, 11) is 2.17. The Bertz CT molecular complexity index is 1090. The Morgan fingerprint density at radius 1 is 1.12 bits per heavy atom. The Balaban J connectivity index is 1.40. The molecule has 2 aliphatic rings. The van der Waals surface area contributed by atoms with E-state index < -0.39 is 0 Å². The van der Waals surface area contributed by atoms with E-state index in [2.05, 4.69) is 64.3 Å². The lowest BCUT2D eigenvalue weighted by Gasteiger charge is -2.38. The number of anilines is 1. The van der Waals surface area contributed by atoms with Gasteiger partial charge >= 0.3 is 0 Å². The largest absolute Gasteiger partial charge is 0.355 e. The van der Waals surface area contributed by atoms with Crippen molar-refractivity contribution in [3.05, 3.63) is 58.6 Å². The molecule has 1 atom stereocenters. The molecular formula is C25H33ClN6. The second-order valence-corrected chi connectivity index (χ2v) is 9.77. The van der Waals surface area contributed by atoms with Crippen LogP contribution in [0.15, 0.2) is 36.5 Å². The molecule has 32 heavy (non-hydrogen) atoms. The van der Waals surface area contributed by atoms with Crippen molar-refractivity contribution < 1.29 is 0 Å². The van der Waals surface area contributed by atoms with Crippen molar-refractivity contribution in [3.63, 3.8) is 0 Å². The predicted molar refractivity (Wildman–Crippen MR) is 131 cm³/mol. The van der Waals surface area contributed by atoms with E-state index in [4.69, 9.17) is 21.6 Å². The van der Waals surface area contributed by atoms with Crippen LogP contribution in [-0.4, -0.2) is 63.4 Å². The van der Waals surface area contributed by atoms with Gasteiger partial charge in [0.1, 0.15) is 16.6 Å². The summed E-state index contributed by atoms with van der Waals surface area (Å²) < 4.78 is 2.13. The van der Waals surface area contributed by atoms with E-state index in [9.17, 15) is 0 Å². The van der Waals surface area contributed by atoms with Crippen molar-refractivity contribution in [1.82, 2.24) is 24.2 Å². The lowest BCUT2D eigenvalue weighted by molar-refractivity contribution is 0.206. The third-order valence-corrected chi connectivity index (χ3v) is 7.49. The maximum absolute atomic E-state index is 6.96. The molecule has 5 rings (SSSR count). The highest BCUT2D eigenvalue weighted by molar-refractivity contribution is 6.30. The number of imidazole rings is 1. The van der Waals surface area contributed by atoms with Gasteiger partial charge in [-0.25, -0.2) is 4.98 Å². The molecule has 0 radical (unpaired) electrons. The monoisotopic (exact) mass is 452 g/mol. The summed E-state index contributed by atoms with van der Waals surface area (Å²) in [6, 6.07) is 11.5. The van der Waals surface area contributed by atoms with E-state index in [1.54, 1.807) is 0 Å². The van der Waals surface area contributed by atoms with Crippen LogP contribution in [0.3, 0.4) is 0 Å². The highest BCUT2D eigenvalue weighted by atomic mass is 35.5. The van der Waals surface area contributed by atoms with Crippen molar-refractivity contribution in [3.8, 4) is 0 Å². The molecule has 0 bridgehead atoms. The normalized spacial score (nSPS) is 19.8. The molecule has 0 spiro atoms. The van der Waals surface area contributed by atoms with Crippen molar-refractivity contribution in [1.29, 1.82) is 0 Å². The minimum atomic E-state index is 0.310. The standard InChI is InChI=1S/C25H33ClN6/c1-18(2)30-13-15-31(16-14-30)23-11-5-10-22-28-20(25(26)32(22)23)17-29(3)21-9-4-7-19-8-6-12-27-24(19)21/h5-6,8,10-12,18,21H,4,7,9,13-17H2,1-3H3/t21-/m0/s1. The van der Waals surface area contributed by atoms with Gasteiger partial charge in [0.05, 0.1) is 17.4 Å². The minimum Gasteiger partial charge on any atom is -0.355 e. The number of piperazine rings is 1. The first-order valence-electron chi connectivity index (χ1n) is 11.8. The molecule has 170 valence electrons. The molecule has 0 aromatic carbocycles. The summed E-state index contributed by atoms with van der Waals surface area (Å²) in [5, 5.41) is 0.728. The lowest BCUT2D eigenvalue weighted by Crippen LogP contribution is -2.49. The summed E-state index contributed by atoms with van der Waals surface area (Å²) in [4.78, 5) is 17.0. The molecule has 3 aromatic heterocycles. The van der Waals surface area contributed by atoms with Crippen LogP contribution in [0.5, 0.6) is 0 Å². The smallest absolute Gasteiger partial charge is 0.139 e. The number of nitrogens with zero attached hydrogens (tertiary/aromatic N) is 6. The highest BCUT2D eigenvalue weighted by Crippen LogP contribution is 2.34. The molecule has 0 saturated carbocycles. The summed E-state index contributed by atoms with van der Waals surface area (Å²) >= 11 is 6.96. The molecule has 0 amide bonds. The zero-order chi connectivity index (χ0) is 22.2. The molecule has 1 aliphatic heterocycles. The Hall–Kier alpha value is -2.15. The number of hydrogen-bond acceptors (Lipinski definition) is 5. The zero-order valence-corrected chi connectivity index (χ0v) is 20.1. The fourth-order valence-electron chi connectivity index (χ4n) is 5.26. The Kier molecular flexibility index (Phi) is 6.10. The fourth-order valence-corrected chi connectivity index (χ4v) is 5.54. The van der Waals surface area contributed by atoms with Gasteiger partial charge in [-0.3, -0.25) is 19.2 Å². The van der Waals surface area contributed by atoms with Crippen molar-refractivity contribution >= 4 is 23.1 Å². The number of aryl methyl sites for hydroxylation is 1. The van der Waals surface area contributed by atoms with E-state index in [1.165, 1.54) is 17.7 Å². The number of fused-ring (bicyclic) bond motifs is 2. The number of pyridine rings is 2. The van der Waals surface area contributed by atoms with Crippen LogP contribution in [0.2, 0.25) is 5.15 Å². The van der Waals surface area contributed by atoms with Gasteiger partial charge < -0.3 is 4.90 Å². The minimum absolute atomic E-state index is 0.310. The summed E-state index contributed by atoms with van der Waals surface area (Å²) in [6.45, 7) is 9.41. The molecule has 1 saturated heterocycles.